The Bertz CT molecular complexity index is 883. The number of rotatable bonds is 2. The molecule has 1 atom stereocenters. The van der Waals surface area contributed by atoms with E-state index in [0.717, 1.165) is 10.2 Å². The van der Waals surface area contributed by atoms with Crippen LogP contribution in [0, 0.1) is 5.92 Å². The smallest absolute Gasteiger partial charge is 0.254 e. The SMILES string of the molecule is O=C1CN(C(=O)C2COCCN(C(=O)c3ccc4ncsc4c3)C2)CCN1. The van der Waals surface area contributed by atoms with Gasteiger partial charge in [-0.2, -0.15) is 0 Å². The second-order valence-electron chi connectivity index (χ2n) is 6.67. The lowest BCUT2D eigenvalue weighted by Gasteiger charge is -2.31. The van der Waals surface area contributed by atoms with Crippen molar-refractivity contribution in [2.24, 2.45) is 5.92 Å². The quantitative estimate of drug-likeness (QED) is 0.801. The number of nitrogens with zero attached hydrogens (tertiary/aromatic N) is 3. The Balaban J connectivity index is 1.49. The van der Waals surface area contributed by atoms with Crippen molar-refractivity contribution in [2.75, 3.05) is 45.9 Å². The molecule has 3 amide bonds. The van der Waals surface area contributed by atoms with Gasteiger partial charge in [-0.1, -0.05) is 0 Å². The van der Waals surface area contributed by atoms with Crippen LogP contribution in [-0.2, 0) is 14.3 Å². The molecular weight excluding hydrogens is 368 g/mol. The van der Waals surface area contributed by atoms with Gasteiger partial charge in [-0.25, -0.2) is 4.98 Å². The van der Waals surface area contributed by atoms with Crippen molar-refractivity contribution < 1.29 is 19.1 Å². The summed E-state index contributed by atoms with van der Waals surface area (Å²) in [7, 11) is 0. The molecule has 1 N–H and O–H groups in total. The Morgan fingerprint density at radius 1 is 1.26 bits per heavy atom. The van der Waals surface area contributed by atoms with Crippen LogP contribution >= 0.6 is 11.3 Å². The monoisotopic (exact) mass is 388 g/mol. The molecule has 2 aliphatic heterocycles. The molecule has 9 heteroatoms. The number of amides is 3. The van der Waals surface area contributed by atoms with Crippen molar-refractivity contribution in [3.63, 3.8) is 0 Å². The predicted octanol–water partition coefficient (Wildman–Crippen LogP) is 0.343. The Morgan fingerprint density at radius 3 is 3.00 bits per heavy atom. The maximum absolute atomic E-state index is 13.0. The van der Waals surface area contributed by atoms with Crippen LogP contribution < -0.4 is 5.32 Å². The molecule has 2 fully saturated rings. The zero-order valence-corrected chi connectivity index (χ0v) is 15.5. The van der Waals surface area contributed by atoms with E-state index < -0.39 is 5.92 Å². The number of aromatic nitrogens is 1. The summed E-state index contributed by atoms with van der Waals surface area (Å²) in [6, 6.07) is 5.44. The topological polar surface area (TPSA) is 91.8 Å². The minimum absolute atomic E-state index is 0.0608. The third-order valence-corrected chi connectivity index (χ3v) is 5.62. The first kappa shape index (κ1) is 17.9. The van der Waals surface area contributed by atoms with Gasteiger partial charge in [0.25, 0.3) is 5.91 Å². The van der Waals surface area contributed by atoms with Crippen LogP contribution in [0.15, 0.2) is 23.7 Å². The molecule has 0 bridgehead atoms. The zero-order chi connectivity index (χ0) is 18.8. The average Bonchev–Trinajstić information content (AvgIpc) is 3.01. The van der Waals surface area contributed by atoms with Gasteiger partial charge < -0.3 is 19.9 Å². The van der Waals surface area contributed by atoms with Crippen molar-refractivity contribution >= 4 is 39.3 Å². The number of benzene rings is 1. The summed E-state index contributed by atoms with van der Waals surface area (Å²) in [6.07, 6.45) is 0. The molecule has 142 valence electrons. The number of piperazine rings is 1. The number of thiazole rings is 1. The normalized spacial score (nSPS) is 21.0. The van der Waals surface area contributed by atoms with Crippen LogP contribution in [0.1, 0.15) is 10.4 Å². The number of fused-ring (bicyclic) bond motifs is 1. The lowest BCUT2D eigenvalue weighted by Crippen LogP contribution is -2.53. The Morgan fingerprint density at radius 2 is 2.15 bits per heavy atom. The van der Waals surface area contributed by atoms with E-state index in [1.165, 1.54) is 11.3 Å². The first-order chi connectivity index (χ1) is 13.1. The molecule has 0 spiro atoms. The first-order valence-electron chi connectivity index (χ1n) is 8.87. The number of carbonyl (C=O) groups excluding carboxylic acids is 3. The standard InChI is InChI=1S/C18H20N4O4S/c23-16-9-21(4-3-19-16)18(25)13-8-22(5-6-26-10-13)17(24)12-1-2-14-15(7-12)27-11-20-14/h1-2,7,11,13H,3-6,8-10H2,(H,19,23). The molecule has 3 heterocycles. The molecule has 0 radical (unpaired) electrons. The van der Waals surface area contributed by atoms with Crippen LogP contribution in [0.5, 0.6) is 0 Å². The molecule has 0 aliphatic carbocycles. The van der Waals surface area contributed by atoms with E-state index in [-0.39, 0.29) is 37.4 Å². The maximum Gasteiger partial charge on any atom is 0.254 e. The van der Waals surface area contributed by atoms with Gasteiger partial charge in [0.05, 0.1) is 41.4 Å². The van der Waals surface area contributed by atoms with Gasteiger partial charge in [0.1, 0.15) is 0 Å². The zero-order valence-electron chi connectivity index (χ0n) is 14.7. The highest BCUT2D eigenvalue weighted by molar-refractivity contribution is 7.16. The van der Waals surface area contributed by atoms with E-state index in [1.807, 2.05) is 12.1 Å². The predicted molar refractivity (Wildman–Crippen MR) is 99.4 cm³/mol. The second-order valence-corrected chi connectivity index (χ2v) is 7.55. The molecule has 0 saturated carbocycles. The first-order valence-corrected chi connectivity index (χ1v) is 9.75. The molecule has 4 rings (SSSR count). The highest BCUT2D eigenvalue weighted by Gasteiger charge is 2.32. The number of carbonyl (C=O) groups is 3. The van der Waals surface area contributed by atoms with Gasteiger partial charge >= 0.3 is 0 Å². The molecule has 27 heavy (non-hydrogen) atoms. The van der Waals surface area contributed by atoms with Crippen LogP contribution in [-0.4, -0.2) is 78.4 Å². The summed E-state index contributed by atoms with van der Waals surface area (Å²) in [5.74, 6) is -0.878. The minimum atomic E-state index is -0.463. The van der Waals surface area contributed by atoms with Crippen LogP contribution in [0.4, 0.5) is 0 Å². The van der Waals surface area contributed by atoms with Crippen LogP contribution in [0.3, 0.4) is 0 Å². The highest BCUT2D eigenvalue weighted by atomic mass is 32.1. The van der Waals surface area contributed by atoms with Gasteiger partial charge in [0.15, 0.2) is 0 Å². The van der Waals surface area contributed by atoms with Crippen molar-refractivity contribution in [1.82, 2.24) is 20.1 Å². The molecule has 1 aromatic heterocycles. The fraction of sp³-hybridized carbons (Fsp3) is 0.444. The Labute approximate surface area is 160 Å². The van der Waals surface area contributed by atoms with Gasteiger partial charge in [-0.3, -0.25) is 14.4 Å². The van der Waals surface area contributed by atoms with Gasteiger partial charge in [0.2, 0.25) is 11.8 Å². The lowest BCUT2D eigenvalue weighted by molar-refractivity contribution is -0.142. The van der Waals surface area contributed by atoms with Gasteiger partial charge in [-0.05, 0) is 18.2 Å². The summed E-state index contributed by atoms with van der Waals surface area (Å²) in [6.45, 7) is 2.37. The third kappa shape index (κ3) is 3.79. The number of hydrogen-bond acceptors (Lipinski definition) is 6. The molecule has 8 nitrogen and oxygen atoms in total. The van der Waals surface area contributed by atoms with E-state index in [2.05, 4.69) is 10.3 Å². The minimum Gasteiger partial charge on any atom is -0.379 e. The summed E-state index contributed by atoms with van der Waals surface area (Å²) in [5, 5.41) is 2.71. The van der Waals surface area contributed by atoms with Crippen molar-refractivity contribution in [2.45, 2.75) is 0 Å². The fourth-order valence-electron chi connectivity index (χ4n) is 3.40. The number of ether oxygens (including phenoxy) is 1. The molecular formula is C18H20N4O4S. The van der Waals surface area contributed by atoms with Crippen molar-refractivity contribution in [3.05, 3.63) is 29.3 Å². The van der Waals surface area contributed by atoms with E-state index in [0.29, 0.717) is 31.8 Å². The summed E-state index contributed by atoms with van der Waals surface area (Å²) in [5.41, 5.74) is 3.20. The van der Waals surface area contributed by atoms with E-state index >= 15 is 0 Å². The third-order valence-electron chi connectivity index (χ3n) is 4.83. The average molecular weight is 388 g/mol. The molecule has 2 aliphatic rings. The van der Waals surface area contributed by atoms with E-state index in [1.54, 1.807) is 21.4 Å². The van der Waals surface area contributed by atoms with E-state index in [9.17, 15) is 14.4 Å². The van der Waals surface area contributed by atoms with Gasteiger partial charge in [0, 0.05) is 31.7 Å². The summed E-state index contributed by atoms with van der Waals surface area (Å²) >= 11 is 1.49. The largest absolute Gasteiger partial charge is 0.379 e. The van der Waals surface area contributed by atoms with Crippen LogP contribution in [0.2, 0.25) is 0 Å². The van der Waals surface area contributed by atoms with Crippen molar-refractivity contribution in [1.29, 1.82) is 0 Å². The molecule has 2 saturated heterocycles. The molecule has 1 unspecified atom stereocenters. The second kappa shape index (κ2) is 7.61. The number of nitrogens with one attached hydrogen (secondary N) is 1. The van der Waals surface area contributed by atoms with Crippen molar-refractivity contribution in [3.8, 4) is 0 Å². The molecule has 2 aromatic rings. The van der Waals surface area contributed by atoms with Crippen LogP contribution in [0.25, 0.3) is 10.2 Å². The maximum atomic E-state index is 13.0. The lowest BCUT2D eigenvalue weighted by atomic mass is 10.1. The molecule has 1 aromatic carbocycles. The summed E-state index contributed by atoms with van der Waals surface area (Å²) < 4.78 is 6.53. The highest BCUT2D eigenvalue weighted by Crippen LogP contribution is 2.21. The van der Waals surface area contributed by atoms with Gasteiger partial charge in [-0.15, -0.1) is 11.3 Å². The Kier molecular flexibility index (Phi) is 5.04. The van der Waals surface area contributed by atoms with E-state index in [4.69, 9.17) is 4.74 Å². The Hall–Kier alpha value is -2.52. The summed E-state index contributed by atoms with van der Waals surface area (Å²) in [4.78, 5) is 44.8. The fourth-order valence-corrected chi connectivity index (χ4v) is 4.12. The number of hydrogen-bond donors (Lipinski definition) is 1.